The summed E-state index contributed by atoms with van der Waals surface area (Å²) in [5.74, 6) is 0. The summed E-state index contributed by atoms with van der Waals surface area (Å²) in [5.41, 5.74) is 4.02. The van der Waals surface area contributed by atoms with E-state index in [1.54, 1.807) is 0 Å². The number of hydrogen-bond acceptors (Lipinski definition) is 2. The fourth-order valence-corrected chi connectivity index (χ4v) is 2.19. The summed E-state index contributed by atoms with van der Waals surface area (Å²) in [6.45, 7) is 9.55. The third-order valence-electron chi connectivity index (χ3n) is 3.70. The molecule has 2 heteroatoms. The normalized spacial score (nSPS) is 30.4. The van der Waals surface area contributed by atoms with Crippen molar-refractivity contribution in [2.75, 3.05) is 6.54 Å². The Bertz CT molecular complexity index is 375. The molecule has 1 aromatic rings. The first-order valence-corrected chi connectivity index (χ1v) is 6.04. The number of nitrogens with one attached hydrogen (secondary N) is 1. The molecule has 3 atom stereocenters. The van der Waals surface area contributed by atoms with Crippen LogP contribution in [-0.2, 0) is 4.74 Å². The van der Waals surface area contributed by atoms with Gasteiger partial charge in [-0.15, -0.1) is 0 Å². The van der Waals surface area contributed by atoms with E-state index in [1.165, 1.54) is 16.7 Å². The second-order valence-electron chi connectivity index (χ2n) is 4.82. The lowest BCUT2D eigenvalue weighted by Gasteiger charge is -2.34. The van der Waals surface area contributed by atoms with E-state index in [1.807, 2.05) is 0 Å². The third-order valence-corrected chi connectivity index (χ3v) is 3.70. The van der Waals surface area contributed by atoms with Crippen molar-refractivity contribution in [3.05, 3.63) is 34.9 Å². The fraction of sp³-hybridized carbons (Fsp3) is 0.571. The molecule has 16 heavy (non-hydrogen) atoms. The number of morpholine rings is 1. The Morgan fingerprint density at radius 1 is 1.25 bits per heavy atom. The largest absolute Gasteiger partial charge is 0.368 e. The van der Waals surface area contributed by atoms with E-state index in [0.717, 1.165) is 6.54 Å². The van der Waals surface area contributed by atoms with Gasteiger partial charge in [-0.3, -0.25) is 0 Å². The maximum Gasteiger partial charge on any atom is 0.0956 e. The monoisotopic (exact) mass is 219 g/mol. The van der Waals surface area contributed by atoms with Gasteiger partial charge in [0.15, 0.2) is 0 Å². The van der Waals surface area contributed by atoms with Crippen LogP contribution in [-0.4, -0.2) is 18.7 Å². The zero-order valence-electron chi connectivity index (χ0n) is 10.6. The highest BCUT2D eigenvalue weighted by molar-refractivity contribution is 5.35. The Balaban J connectivity index is 2.22. The fourth-order valence-electron chi connectivity index (χ4n) is 2.19. The minimum absolute atomic E-state index is 0.200. The van der Waals surface area contributed by atoms with Crippen LogP contribution in [0.3, 0.4) is 0 Å². The molecular formula is C14H21NO. The van der Waals surface area contributed by atoms with Crippen molar-refractivity contribution in [3.8, 4) is 0 Å². The highest BCUT2D eigenvalue weighted by Gasteiger charge is 2.26. The summed E-state index contributed by atoms with van der Waals surface area (Å²) in [5, 5.41) is 3.50. The van der Waals surface area contributed by atoms with E-state index >= 15 is 0 Å². The second kappa shape index (κ2) is 4.56. The molecule has 1 aliphatic heterocycles. The molecule has 1 N–H and O–H groups in total. The first-order chi connectivity index (χ1) is 7.59. The molecule has 1 heterocycles. The Morgan fingerprint density at radius 2 is 2.00 bits per heavy atom. The molecule has 1 aromatic carbocycles. The van der Waals surface area contributed by atoms with Gasteiger partial charge >= 0.3 is 0 Å². The van der Waals surface area contributed by atoms with Crippen LogP contribution in [0.1, 0.15) is 36.6 Å². The van der Waals surface area contributed by atoms with E-state index in [0.29, 0.717) is 6.04 Å². The Hall–Kier alpha value is -0.860. The van der Waals surface area contributed by atoms with Gasteiger partial charge in [-0.05, 0) is 44.4 Å². The first-order valence-electron chi connectivity index (χ1n) is 6.04. The highest BCUT2D eigenvalue weighted by atomic mass is 16.5. The van der Waals surface area contributed by atoms with Crippen molar-refractivity contribution >= 4 is 0 Å². The lowest BCUT2D eigenvalue weighted by molar-refractivity contribution is -0.0511. The zero-order valence-corrected chi connectivity index (χ0v) is 10.6. The molecule has 88 valence electrons. The lowest BCUT2D eigenvalue weighted by Crippen LogP contribution is -2.46. The molecule has 1 fully saturated rings. The SMILES string of the molecule is Cc1cccc(C2CNC(C)C(C)O2)c1C. The summed E-state index contributed by atoms with van der Waals surface area (Å²) in [6.07, 6.45) is 0.477. The molecule has 0 radical (unpaired) electrons. The molecule has 3 unspecified atom stereocenters. The van der Waals surface area contributed by atoms with Gasteiger partial charge in [0.25, 0.3) is 0 Å². The van der Waals surface area contributed by atoms with Crippen molar-refractivity contribution in [1.82, 2.24) is 5.32 Å². The van der Waals surface area contributed by atoms with Crippen molar-refractivity contribution < 1.29 is 4.74 Å². The topological polar surface area (TPSA) is 21.3 Å². The van der Waals surface area contributed by atoms with Crippen molar-refractivity contribution in [1.29, 1.82) is 0 Å². The van der Waals surface area contributed by atoms with Crippen LogP contribution in [0.4, 0.5) is 0 Å². The van der Waals surface area contributed by atoms with Crippen LogP contribution in [0, 0.1) is 13.8 Å². The van der Waals surface area contributed by atoms with Gasteiger partial charge in [-0.1, -0.05) is 18.2 Å². The summed E-state index contributed by atoms with van der Waals surface area (Å²) < 4.78 is 6.06. The second-order valence-corrected chi connectivity index (χ2v) is 4.82. The van der Waals surface area contributed by atoms with Gasteiger partial charge in [-0.25, -0.2) is 0 Å². The molecule has 1 saturated heterocycles. The predicted octanol–water partition coefficient (Wildman–Crippen LogP) is 2.74. The van der Waals surface area contributed by atoms with Crippen molar-refractivity contribution in [2.45, 2.75) is 45.9 Å². The molecular weight excluding hydrogens is 198 g/mol. The summed E-state index contributed by atoms with van der Waals surface area (Å²) in [4.78, 5) is 0. The van der Waals surface area contributed by atoms with Crippen LogP contribution >= 0.6 is 0 Å². The predicted molar refractivity (Wildman–Crippen MR) is 66.7 cm³/mol. The van der Waals surface area contributed by atoms with Crippen LogP contribution in [0.5, 0.6) is 0 Å². The number of ether oxygens (including phenoxy) is 1. The van der Waals surface area contributed by atoms with Gasteiger partial charge in [0.05, 0.1) is 12.2 Å². The summed E-state index contributed by atoms with van der Waals surface area (Å²) in [7, 11) is 0. The van der Waals surface area contributed by atoms with Crippen molar-refractivity contribution in [2.24, 2.45) is 0 Å². The standard InChI is InChI=1S/C14H21NO/c1-9-6-5-7-13(10(9)2)14-8-15-11(3)12(4)16-14/h5-7,11-12,14-15H,8H2,1-4H3. The molecule has 0 spiro atoms. The molecule has 0 aliphatic carbocycles. The molecule has 2 nitrogen and oxygen atoms in total. The van der Waals surface area contributed by atoms with Gasteiger partial charge < -0.3 is 10.1 Å². The average Bonchev–Trinajstić information content (AvgIpc) is 2.26. The van der Waals surface area contributed by atoms with E-state index < -0.39 is 0 Å². The Kier molecular flexibility index (Phi) is 3.31. The average molecular weight is 219 g/mol. The number of hydrogen-bond donors (Lipinski definition) is 1. The number of benzene rings is 1. The minimum atomic E-state index is 0.200. The maximum atomic E-state index is 6.06. The van der Waals surface area contributed by atoms with E-state index in [4.69, 9.17) is 4.74 Å². The molecule has 0 aromatic heterocycles. The van der Waals surface area contributed by atoms with Crippen molar-refractivity contribution in [3.63, 3.8) is 0 Å². The molecule has 0 saturated carbocycles. The summed E-state index contributed by atoms with van der Waals surface area (Å²) in [6, 6.07) is 6.89. The number of aryl methyl sites for hydroxylation is 1. The van der Waals surface area contributed by atoms with Crippen LogP contribution < -0.4 is 5.32 Å². The summed E-state index contributed by atoms with van der Waals surface area (Å²) >= 11 is 0. The van der Waals surface area contributed by atoms with Crippen LogP contribution in [0.15, 0.2) is 18.2 Å². The maximum absolute atomic E-state index is 6.06. The molecule has 1 aliphatic rings. The van der Waals surface area contributed by atoms with Gasteiger partial charge in [0, 0.05) is 12.6 Å². The third kappa shape index (κ3) is 2.13. The van der Waals surface area contributed by atoms with Gasteiger partial charge in [0.2, 0.25) is 0 Å². The van der Waals surface area contributed by atoms with E-state index in [9.17, 15) is 0 Å². The molecule has 0 bridgehead atoms. The molecule has 2 rings (SSSR count). The number of rotatable bonds is 1. The quantitative estimate of drug-likeness (QED) is 0.784. The molecule has 0 amide bonds. The minimum Gasteiger partial charge on any atom is -0.368 e. The van der Waals surface area contributed by atoms with Gasteiger partial charge in [0.1, 0.15) is 0 Å². The smallest absolute Gasteiger partial charge is 0.0956 e. The van der Waals surface area contributed by atoms with Gasteiger partial charge in [-0.2, -0.15) is 0 Å². The zero-order chi connectivity index (χ0) is 11.7. The van der Waals surface area contributed by atoms with Crippen LogP contribution in [0.25, 0.3) is 0 Å². The highest BCUT2D eigenvalue weighted by Crippen LogP contribution is 2.27. The van der Waals surface area contributed by atoms with Crippen LogP contribution in [0.2, 0.25) is 0 Å². The Labute approximate surface area is 98.0 Å². The van der Waals surface area contributed by atoms with E-state index in [-0.39, 0.29) is 12.2 Å². The Morgan fingerprint density at radius 3 is 2.69 bits per heavy atom. The first kappa shape index (κ1) is 11.6. The van der Waals surface area contributed by atoms with E-state index in [2.05, 4.69) is 51.2 Å². The lowest BCUT2D eigenvalue weighted by atomic mass is 9.97.